The summed E-state index contributed by atoms with van der Waals surface area (Å²) >= 11 is 0. The zero-order chi connectivity index (χ0) is 14.9. The Hall–Kier alpha value is -1.58. The molecule has 3 heteroatoms. The zero-order valence-electron chi connectivity index (χ0n) is 13.0. The molecule has 110 valence electrons. The molecular formula is C18H23BO2. The third kappa shape index (κ3) is 6.15. The summed E-state index contributed by atoms with van der Waals surface area (Å²) in [5.41, 5.74) is 5.19. The number of benzene rings is 2. The molecule has 0 radical (unpaired) electrons. The van der Waals surface area contributed by atoms with Crippen LogP contribution < -0.4 is 0 Å². The standard InChI is InChI=1S/C18H23BO2/c1-15-3-7-17(8-4-15)11-13-20-19-21-14-12-18-9-5-16(2)6-10-18/h3-10,19H,11-14H2,1-2H3. The van der Waals surface area contributed by atoms with Crippen molar-refractivity contribution in [1.82, 2.24) is 0 Å². The largest absolute Gasteiger partial charge is 0.438 e. The molecule has 0 N–H and O–H groups in total. The molecular weight excluding hydrogens is 259 g/mol. The van der Waals surface area contributed by atoms with Gasteiger partial charge in [-0.05, 0) is 37.8 Å². The van der Waals surface area contributed by atoms with Crippen molar-refractivity contribution in [3.63, 3.8) is 0 Å². The van der Waals surface area contributed by atoms with Gasteiger partial charge in [-0.3, -0.25) is 0 Å². The van der Waals surface area contributed by atoms with Crippen LogP contribution in [0, 0.1) is 13.8 Å². The second-order valence-corrected chi connectivity index (χ2v) is 5.41. The fourth-order valence-corrected chi connectivity index (χ4v) is 2.07. The first-order valence-electron chi connectivity index (χ1n) is 7.50. The van der Waals surface area contributed by atoms with Crippen molar-refractivity contribution in [2.75, 3.05) is 13.2 Å². The molecule has 0 saturated heterocycles. The van der Waals surface area contributed by atoms with Crippen molar-refractivity contribution in [3.8, 4) is 0 Å². The smallest absolute Gasteiger partial charge is 0.414 e. The second-order valence-electron chi connectivity index (χ2n) is 5.41. The lowest BCUT2D eigenvalue weighted by molar-refractivity contribution is 0.225. The maximum atomic E-state index is 5.50. The molecule has 0 aromatic heterocycles. The van der Waals surface area contributed by atoms with E-state index >= 15 is 0 Å². The third-order valence-electron chi connectivity index (χ3n) is 3.48. The van der Waals surface area contributed by atoms with E-state index < -0.39 is 0 Å². The molecule has 0 aliphatic heterocycles. The van der Waals surface area contributed by atoms with Gasteiger partial charge in [-0.15, -0.1) is 0 Å². The van der Waals surface area contributed by atoms with E-state index in [2.05, 4.69) is 62.4 Å². The molecule has 0 aliphatic carbocycles. The van der Waals surface area contributed by atoms with Gasteiger partial charge in [0, 0.05) is 13.2 Å². The minimum Gasteiger partial charge on any atom is -0.414 e. The van der Waals surface area contributed by atoms with Crippen LogP contribution in [-0.4, -0.2) is 20.9 Å². The molecule has 0 saturated carbocycles. The summed E-state index contributed by atoms with van der Waals surface area (Å²) in [6.07, 6.45) is 1.86. The SMILES string of the molecule is Cc1ccc(CCOBOCCc2ccc(C)cc2)cc1. The Kier molecular flexibility index (Phi) is 6.51. The third-order valence-corrected chi connectivity index (χ3v) is 3.48. The van der Waals surface area contributed by atoms with Crippen molar-refractivity contribution in [2.45, 2.75) is 26.7 Å². The Morgan fingerprint density at radius 1 is 0.667 bits per heavy atom. The predicted octanol–water partition coefficient (Wildman–Crippen LogP) is 3.39. The normalized spacial score (nSPS) is 10.6. The van der Waals surface area contributed by atoms with Crippen molar-refractivity contribution in [2.24, 2.45) is 0 Å². The Morgan fingerprint density at radius 2 is 1.05 bits per heavy atom. The Morgan fingerprint density at radius 3 is 1.43 bits per heavy atom. The summed E-state index contributed by atoms with van der Waals surface area (Å²) in [6, 6.07) is 17.1. The zero-order valence-corrected chi connectivity index (χ0v) is 13.0. The van der Waals surface area contributed by atoms with E-state index in [9.17, 15) is 0 Å². The summed E-state index contributed by atoms with van der Waals surface area (Å²) in [7, 11) is 0.373. The number of rotatable bonds is 8. The molecule has 0 atom stereocenters. The summed E-state index contributed by atoms with van der Waals surface area (Å²) in [5.74, 6) is 0. The van der Waals surface area contributed by atoms with Crippen LogP contribution in [-0.2, 0) is 22.2 Å². The van der Waals surface area contributed by atoms with Crippen LogP contribution >= 0.6 is 0 Å². The Balaban J connectivity index is 1.52. The van der Waals surface area contributed by atoms with Crippen LogP contribution in [0.1, 0.15) is 22.3 Å². The molecule has 2 rings (SSSR count). The Labute approximate surface area is 128 Å². The van der Waals surface area contributed by atoms with E-state index in [4.69, 9.17) is 9.31 Å². The van der Waals surface area contributed by atoms with Gasteiger partial charge in [-0.25, -0.2) is 0 Å². The molecule has 0 spiro atoms. The second kappa shape index (κ2) is 8.65. The molecule has 0 fully saturated rings. The summed E-state index contributed by atoms with van der Waals surface area (Å²) in [4.78, 5) is 0. The highest BCUT2D eigenvalue weighted by molar-refractivity contribution is 6.17. The van der Waals surface area contributed by atoms with Gasteiger partial charge >= 0.3 is 7.69 Å². The molecule has 0 amide bonds. The maximum Gasteiger partial charge on any atom is 0.438 e. The minimum atomic E-state index is 0.373. The van der Waals surface area contributed by atoms with Crippen molar-refractivity contribution in [3.05, 3.63) is 70.8 Å². The predicted molar refractivity (Wildman–Crippen MR) is 88.8 cm³/mol. The molecule has 0 aliphatic rings. The van der Waals surface area contributed by atoms with Gasteiger partial charge in [-0.1, -0.05) is 59.7 Å². The highest BCUT2D eigenvalue weighted by Gasteiger charge is 1.97. The van der Waals surface area contributed by atoms with Crippen LogP contribution in [0.4, 0.5) is 0 Å². The van der Waals surface area contributed by atoms with Crippen molar-refractivity contribution in [1.29, 1.82) is 0 Å². The van der Waals surface area contributed by atoms with Gasteiger partial charge in [0.05, 0.1) is 0 Å². The first-order valence-corrected chi connectivity index (χ1v) is 7.50. The van der Waals surface area contributed by atoms with Crippen LogP contribution in [0.2, 0.25) is 0 Å². The summed E-state index contributed by atoms with van der Waals surface area (Å²) in [6.45, 7) is 5.60. The van der Waals surface area contributed by atoms with Crippen LogP contribution in [0.25, 0.3) is 0 Å². The van der Waals surface area contributed by atoms with Crippen LogP contribution in [0.5, 0.6) is 0 Å². The van der Waals surface area contributed by atoms with Gasteiger partial charge in [0.1, 0.15) is 0 Å². The summed E-state index contributed by atoms with van der Waals surface area (Å²) < 4.78 is 11.0. The van der Waals surface area contributed by atoms with Gasteiger partial charge < -0.3 is 9.31 Å². The minimum absolute atomic E-state index is 0.373. The topological polar surface area (TPSA) is 18.5 Å². The Bertz CT molecular complexity index is 470. The van der Waals surface area contributed by atoms with Gasteiger partial charge in [0.25, 0.3) is 0 Å². The van der Waals surface area contributed by atoms with Crippen molar-refractivity contribution >= 4 is 7.69 Å². The lowest BCUT2D eigenvalue weighted by atomic mass is 10.1. The van der Waals surface area contributed by atoms with E-state index in [0.29, 0.717) is 20.9 Å². The highest BCUT2D eigenvalue weighted by atomic mass is 16.6. The van der Waals surface area contributed by atoms with E-state index in [1.54, 1.807) is 0 Å². The van der Waals surface area contributed by atoms with Gasteiger partial charge in [0.2, 0.25) is 0 Å². The first kappa shape index (κ1) is 15.8. The molecule has 21 heavy (non-hydrogen) atoms. The molecule has 2 aromatic carbocycles. The summed E-state index contributed by atoms with van der Waals surface area (Å²) in [5, 5.41) is 0. The van der Waals surface area contributed by atoms with E-state index in [1.807, 2.05) is 0 Å². The lowest BCUT2D eigenvalue weighted by Crippen LogP contribution is -2.09. The van der Waals surface area contributed by atoms with Gasteiger partial charge in [0.15, 0.2) is 0 Å². The lowest BCUT2D eigenvalue weighted by Gasteiger charge is -2.06. The monoisotopic (exact) mass is 282 g/mol. The molecule has 2 nitrogen and oxygen atoms in total. The fraction of sp³-hybridized carbons (Fsp3) is 0.333. The maximum absolute atomic E-state index is 5.50. The molecule has 0 heterocycles. The van der Waals surface area contributed by atoms with Gasteiger partial charge in [-0.2, -0.15) is 0 Å². The average Bonchev–Trinajstić information content (AvgIpc) is 2.50. The number of hydrogen-bond acceptors (Lipinski definition) is 2. The average molecular weight is 282 g/mol. The van der Waals surface area contributed by atoms with Crippen LogP contribution in [0.15, 0.2) is 48.5 Å². The number of aryl methyl sites for hydroxylation is 2. The highest BCUT2D eigenvalue weighted by Crippen LogP contribution is 2.05. The molecule has 0 bridgehead atoms. The molecule has 0 unspecified atom stereocenters. The van der Waals surface area contributed by atoms with E-state index in [1.165, 1.54) is 22.3 Å². The van der Waals surface area contributed by atoms with E-state index in [-0.39, 0.29) is 0 Å². The molecule has 2 aromatic rings. The first-order chi connectivity index (χ1) is 10.2. The van der Waals surface area contributed by atoms with Crippen molar-refractivity contribution < 1.29 is 9.31 Å². The number of hydrogen-bond donors (Lipinski definition) is 0. The van der Waals surface area contributed by atoms with E-state index in [0.717, 1.165) is 12.8 Å². The fourth-order valence-electron chi connectivity index (χ4n) is 2.07. The quantitative estimate of drug-likeness (QED) is 0.546. The van der Waals surface area contributed by atoms with Crippen LogP contribution in [0.3, 0.4) is 0 Å².